The average Bonchev–Trinajstić information content (AvgIpc) is 0.894. The summed E-state index contributed by atoms with van der Waals surface area (Å²) in [5.41, 5.74) is 0. The van der Waals surface area contributed by atoms with Crippen LogP contribution in [0.2, 0.25) is 0 Å². The summed E-state index contributed by atoms with van der Waals surface area (Å²) in [7, 11) is -9.81. The van der Waals surface area contributed by atoms with E-state index in [0.717, 1.165) is 154 Å². The number of carbonyl (C=O) groups excluding carboxylic acids is 3. The number of rotatable bonds is 89. The first kappa shape index (κ1) is 112. The summed E-state index contributed by atoms with van der Waals surface area (Å²) in [4.78, 5) is 59.0. The maximum atomic E-state index is 13.0. The van der Waals surface area contributed by atoms with E-state index in [1.807, 2.05) is 0 Å². The van der Waals surface area contributed by atoms with Gasteiger partial charge in [-0.2, -0.15) is 0 Å². The molecule has 117 heavy (non-hydrogen) atoms. The topological polar surface area (TPSA) is 231 Å². The molecular weight excluding hydrogens is 1510 g/mol. The van der Waals surface area contributed by atoms with E-state index in [-0.39, 0.29) is 19.3 Å². The lowest BCUT2D eigenvalue weighted by Gasteiger charge is -2.21. The van der Waals surface area contributed by atoms with E-state index in [2.05, 4.69) is 167 Å². The van der Waals surface area contributed by atoms with E-state index in [9.17, 15) is 43.5 Å². The normalized spacial score (nSPS) is 14.4. The van der Waals surface area contributed by atoms with Gasteiger partial charge in [-0.3, -0.25) is 32.5 Å². The van der Waals surface area contributed by atoms with Crippen molar-refractivity contribution in [2.24, 2.45) is 0 Å². The van der Waals surface area contributed by atoms with Gasteiger partial charge >= 0.3 is 33.6 Å². The van der Waals surface area contributed by atoms with Crippen molar-refractivity contribution in [3.63, 3.8) is 0 Å². The summed E-state index contributed by atoms with van der Waals surface area (Å²) in [5, 5.41) is 20.7. The van der Waals surface area contributed by atoms with E-state index in [1.165, 1.54) is 193 Å². The Kier molecular flexibility index (Phi) is 87.1. The van der Waals surface area contributed by atoms with Crippen LogP contribution in [0.3, 0.4) is 0 Å². The summed E-state index contributed by atoms with van der Waals surface area (Å²) in [6, 6.07) is 0. The molecule has 0 aromatic heterocycles. The molecule has 0 aromatic carbocycles. The molecule has 18 heteroatoms. The molecule has 0 spiro atoms. The first-order valence-corrected chi connectivity index (χ1v) is 50.1. The molecule has 0 aromatic rings. The van der Waals surface area contributed by atoms with Crippen LogP contribution >= 0.6 is 15.6 Å². The first-order chi connectivity index (χ1) is 57.2. The molecular formula is C99H172O16P2. The molecule has 0 radical (unpaired) electrons. The van der Waals surface area contributed by atoms with Crippen LogP contribution in [0.15, 0.2) is 146 Å². The van der Waals surface area contributed by atoms with E-state index in [1.54, 1.807) is 0 Å². The van der Waals surface area contributed by atoms with Crippen LogP contribution in [-0.2, 0) is 55.8 Å². The predicted octanol–water partition coefficient (Wildman–Crippen LogP) is 29.1. The van der Waals surface area contributed by atoms with Crippen molar-refractivity contribution in [2.45, 2.75) is 424 Å². The van der Waals surface area contributed by atoms with E-state index in [0.29, 0.717) is 19.3 Å². The zero-order valence-electron chi connectivity index (χ0n) is 74.3. The molecule has 0 amide bonds. The highest BCUT2D eigenvalue weighted by Gasteiger charge is 2.30. The quantitative estimate of drug-likeness (QED) is 0.0146. The fourth-order valence-corrected chi connectivity index (χ4v) is 14.5. The Labute approximate surface area is 715 Å². The van der Waals surface area contributed by atoms with Gasteiger partial charge in [0, 0.05) is 19.3 Å². The Hall–Kier alpha value is -4.57. The van der Waals surface area contributed by atoms with Gasteiger partial charge in [0.15, 0.2) is 6.10 Å². The highest BCUT2D eigenvalue weighted by atomic mass is 31.2. The van der Waals surface area contributed by atoms with Crippen molar-refractivity contribution >= 4 is 33.6 Å². The molecule has 0 aliphatic rings. The van der Waals surface area contributed by atoms with Gasteiger partial charge in [0.25, 0.3) is 0 Å². The van der Waals surface area contributed by atoms with Crippen molar-refractivity contribution in [3.05, 3.63) is 146 Å². The average molecular weight is 1680 g/mol. The van der Waals surface area contributed by atoms with Gasteiger partial charge in [-0.25, -0.2) is 9.13 Å². The Bertz CT molecular complexity index is 2710. The monoisotopic (exact) mass is 1680 g/mol. The lowest BCUT2D eigenvalue weighted by Crippen LogP contribution is -2.30. The highest BCUT2D eigenvalue weighted by Crippen LogP contribution is 2.45. The van der Waals surface area contributed by atoms with Crippen LogP contribution in [-0.4, -0.2) is 95.9 Å². The molecule has 5 unspecified atom stereocenters. The predicted molar refractivity (Wildman–Crippen MR) is 491 cm³/mol. The molecule has 0 heterocycles. The molecule has 674 valence electrons. The smallest absolute Gasteiger partial charge is 0.463 e. The molecule has 0 saturated heterocycles. The van der Waals surface area contributed by atoms with Gasteiger partial charge in [-0.05, 0) is 141 Å². The minimum atomic E-state index is -4.94. The molecule has 4 N–H and O–H groups in total. The number of aliphatic hydroxyl groups is 2. The Morgan fingerprint density at radius 1 is 0.248 bits per heavy atom. The van der Waals surface area contributed by atoms with Gasteiger partial charge < -0.3 is 34.2 Å². The molecule has 0 aliphatic carbocycles. The fourth-order valence-electron chi connectivity index (χ4n) is 13.0. The van der Waals surface area contributed by atoms with Crippen LogP contribution < -0.4 is 0 Å². The Morgan fingerprint density at radius 3 is 0.718 bits per heavy atom. The summed E-state index contributed by atoms with van der Waals surface area (Å²) in [5.74, 6) is -1.57. The molecule has 0 aliphatic heterocycles. The summed E-state index contributed by atoms with van der Waals surface area (Å²) in [6.45, 7) is 2.48. The zero-order chi connectivity index (χ0) is 85.1. The van der Waals surface area contributed by atoms with Crippen molar-refractivity contribution in [1.29, 1.82) is 0 Å². The van der Waals surface area contributed by atoms with Gasteiger partial charge in [-0.15, -0.1) is 0 Å². The number of esters is 3. The minimum absolute atomic E-state index is 0.0922. The second kappa shape index (κ2) is 90.7. The van der Waals surface area contributed by atoms with E-state index < -0.39 is 91.5 Å². The standard InChI is InChI=1S/C99H172O16P2/c1-4-7-10-13-16-19-22-25-28-31-33-35-37-39-41-43-45-46-48-50-51-53-55-57-59-62-64-67-70-73-76-79-82-85-97(102)109-88-94(100)89-111-116(105,106)112-90-95(101)91-113-117(107,108)114-93-96(115-99(104)87-84-81-78-75-72-69-66-61-30-27-24-21-18-15-12-9-6-3)92-110-98(103)86-83-80-77-74-71-68-65-63-60-58-56-54-52-49-47-44-42-40-38-36-34-32-29-26-23-20-17-14-11-8-5-2/h8-9,11-12,16-21,25-30,33-36,39-42,94-96,100-101H,4-7,10,13-15,22-24,31-32,37-38,43-93H2,1-3H3,(H,105,106)(H,107,108)/b11-8-,12-9-,19-16-,20-17-,21-18-,28-25-,29-26-,30-27-,35-33-,36-34-,41-39-,42-40-. The first-order valence-electron chi connectivity index (χ1n) is 47.1. The summed E-state index contributed by atoms with van der Waals surface area (Å²) in [6.07, 6.45) is 115. The van der Waals surface area contributed by atoms with Crippen LogP contribution in [0.4, 0.5) is 0 Å². The van der Waals surface area contributed by atoms with Crippen LogP contribution in [0.5, 0.6) is 0 Å². The number of ether oxygens (including phenoxy) is 3. The van der Waals surface area contributed by atoms with Crippen molar-refractivity contribution < 1.29 is 75.8 Å². The molecule has 0 saturated carbocycles. The fraction of sp³-hybridized carbons (Fsp3) is 0.727. The van der Waals surface area contributed by atoms with Crippen molar-refractivity contribution in [2.75, 3.05) is 39.6 Å². The van der Waals surface area contributed by atoms with Crippen molar-refractivity contribution in [3.8, 4) is 0 Å². The third kappa shape index (κ3) is 92.0. The SMILES string of the molecule is CC/C=C\C/C=C\C/C=C\C/C=C\C/C=C\CCCCCCCCCCCCCCCCCC(=O)OCC(COP(=O)(O)OCC(O)COP(=O)(O)OCC(O)COC(=O)CCCCCCCCCCCCCCCCCCC/C=C\C/C=C\C/C=C\C/C=C\CCCCC)OC(=O)CCCCCCCCC/C=C\C/C=C\C/C=C\CC. The number of hydrogen-bond donors (Lipinski definition) is 4. The maximum Gasteiger partial charge on any atom is 0.472 e. The number of phosphoric acid groups is 2. The lowest BCUT2D eigenvalue weighted by atomic mass is 10.0. The van der Waals surface area contributed by atoms with Gasteiger partial charge in [0.2, 0.25) is 0 Å². The van der Waals surface area contributed by atoms with Crippen LogP contribution in [0, 0.1) is 0 Å². The molecule has 0 fully saturated rings. The van der Waals surface area contributed by atoms with Crippen LogP contribution in [0.1, 0.15) is 406 Å². The molecule has 0 bridgehead atoms. The highest BCUT2D eigenvalue weighted by molar-refractivity contribution is 7.47. The lowest BCUT2D eigenvalue weighted by molar-refractivity contribution is -0.161. The van der Waals surface area contributed by atoms with Crippen molar-refractivity contribution in [1.82, 2.24) is 0 Å². The second-order valence-electron chi connectivity index (χ2n) is 31.4. The third-order valence-corrected chi connectivity index (χ3v) is 21.9. The number of hydrogen-bond acceptors (Lipinski definition) is 14. The Morgan fingerprint density at radius 2 is 0.453 bits per heavy atom. The van der Waals surface area contributed by atoms with Gasteiger partial charge in [0.1, 0.15) is 25.4 Å². The third-order valence-electron chi connectivity index (χ3n) is 20.0. The minimum Gasteiger partial charge on any atom is -0.463 e. The maximum absolute atomic E-state index is 13.0. The molecule has 5 atom stereocenters. The second-order valence-corrected chi connectivity index (χ2v) is 34.3. The van der Waals surface area contributed by atoms with Gasteiger partial charge in [0.05, 0.1) is 26.4 Å². The molecule has 16 nitrogen and oxygen atoms in total. The number of carbonyl (C=O) groups is 3. The largest absolute Gasteiger partial charge is 0.472 e. The van der Waals surface area contributed by atoms with E-state index >= 15 is 0 Å². The molecule has 0 rings (SSSR count). The Balaban J connectivity index is 4.48. The summed E-state index contributed by atoms with van der Waals surface area (Å²) >= 11 is 0. The van der Waals surface area contributed by atoms with Gasteiger partial charge in [-0.1, -0.05) is 391 Å². The zero-order valence-corrected chi connectivity index (χ0v) is 76.1. The summed E-state index contributed by atoms with van der Waals surface area (Å²) < 4.78 is 61.5. The number of aliphatic hydroxyl groups excluding tert-OH is 2. The number of unbranched alkanes of at least 4 members (excludes halogenated alkanes) is 42. The number of phosphoric ester groups is 2. The van der Waals surface area contributed by atoms with E-state index in [4.69, 9.17) is 32.3 Å². The number of allylic oxidation sites excluding steroid dienone is 24. The van der Waals surface area contributed by atoms with Crippen LogP contribution in [0.25, 0.3) is 0 Å².